The fraction of sp³-hybridized carbons (Fsp3) is 0.619. The largest absolute Gasteiger partial charge is 0.490 e. The van der Waals surface area contributed by atoms with Crippen LogP contribution in [0.15, 0.2) is 24.3 Å². The van der Waals surface area contributed by atoms with Crippen molar-refractivity contribution in [2.45, 2.75) is 83.0 Å². The molecule has 2 atom stereocenters. The third-order valence-corrected chi connectivity index (χ3v) is 4.76. The number of hydrogen-bond acceptors (Lipinski definition) is 5. The molecule has 6 heteroatoms. The van der Waals surface area contributed by atoms with Gasteiger partial charge in [0.1, 0.15) is 16.9 Å². The topological polar surface area (TPSA) is 98.9 Å². The molecule has 1 aliphatic carbocycles. The van der Waals surface area contributed by atoms with E-state index in [0.29, 0.717) is 18.6 Å². The summed E-state index contributed by atoms with van der Waals surface area (Å²) in [4.78, 5) is 23.5. The first kappa shape index (κ1) is 21.2. The fourth-order valence-electron chi connectivity index (χ4n) is 3.30. The minimum Gasteiger partial charge on any atom is -0.490 e. The van der Waals surface area contributed by atoms with Crippen LogP contribution in [0, 0.1) is 0 Å². The third-order valence-electron chi connectivity index (χ3n) is 4.76. The molecule has 0 radical (unpaired) electrons. The fourth-order valence-corrected chi connectivity index (χ4v) is 3.30. The predicted octanol–water partition coefficient (Wildman–Crippen LogP) is 3.92. The summed E-state index contributed by atoms with van der Waals surface area (Å²) in [6, 6.07) is 6.45. The van der Waals surface area contributed by atoms with Gasteiger partial charge in [-0.15, -0.1) is 0 Å². The average Bonchev–Trinajstić information content (AvgIpc) is 2.65. The maximum atomic E-state index is 12.5. The number of carboxylic acids is 1. The van der Waals surface area contributed by atoms with Gasteiger partial charge in [-0.05, 0) is 83.6 Å². The maximum Gasteiger partial charge on any atom is 0.335 e. The minimum atomic E-state index is -0.953. The second-order valence-corrected chi connectivity index (χ2v) is 8.37. The summed E-state index contributed by atoms with van der Waals surface area (Å²) in [5, 5.41) is 8.97. The minimum absolute atomic E-state index is 0.0293. The van der Waals surface area contributed by atoms with Gasteiger partial charge in [-0.25, -0.2) is 4.79 Å². The molecule has 1 saturated carbocycles. The molecule has 1 aromatic carbocycles. The van der Waals surface area contributed by atoms with E-state index in [-0.39, 0.29) is 17.6 Å². The molecule has 0 aromatic heterocycles. The van der Waals surface area contributed by atoms with E-state index in [4.69, 9.17) is 20.3 Å². The highest BCUT2D eigenvalue weighted by Gasteiger charge is 2.37. The highest BCUT2D eigenvalue weighted by molar-refractivity contribution is 5.87. The van der Waals surface area contributed by atoms with Crippen LogP contribution in [0.5, 0.6) is 5.75 Å². The molecule has 0 amide bonds. The summed E-state index contributed by atoms with van der Waals surface area (Å²) in [5.74, 6) is -0.612. The van der Waals surface area contributed by atoms with Crippen LogP contribution in [0.2, 0.25) is 0 Å². The van der Waals surface area contributed by atoms with E-state index in [0.717, 1.165) is 32.1 Å². The Morgan fingerprint density at radius 3 is 2.26 bits per heavy atom. The Bertz CT molecular complexity index is 650. The summed E-state index contributed by atoms with van der Waals surface area (Å²) in [6.45, 7) is 5.55. The van der Waals surface area contributed by atoms with Crippen LogP contribution in [-0.4, -0.2) is 34.3 Å². The zero-order valence-electron chi connectivity index (χ0n) is 16.5. The quantitative estimate of drug-likeness (QED) is 0.772. The Kier molecular flexibility index (Phi) is 6.87. The van der Waals surface area contributed by atoms with Gasteiger partial charge in [0.2, 0.25) is 0 Å². The number of benzene rings is 1. The van der Waals surface area contributed by atoms with Crippen molar-refractivity contribution in [3.05, 3.63) is 29.8 Å². The number of rotatable bonds is 4. The number of nitrogens with two attached hydrogens (primary N) is 1. The number of ether oxygens (including phenoxy) is 2. The maximum absolute atomic E-state index is 12.5. The third kappa shape index (κ3) is 6.54. The standard InChI is InChI=1S/C21H31NO5/c1-20(2,3)27-19(25)21(22)13-5-4-7-16(8-6-14-21)26-17-11-9-15(10-12-17)18(23)24/h9-12,16H,4-8,13-14,22H2,1-3H3,(H,23,24). The van der Waals surface area contributed by atoms with E-state index >= 15 is 0 Å². The number of carboxylic acid groups (broad SMARTS) is 1. The van der Waals surface area contributed by atoms with Gasteiger partial charge in [-0.2, -0.15) is 0 Å². The van der Waals surface area contributed by atoms with Gasteiger partial charge in [-0.1, -0.05) is 6.42 Å². The smallest absolute Gasteiger partial charge is 0.335 e. The SMILES string of the molecule is CC(C)(C)OC(=O)C1(N)CCCCC(Oc2ccc(C(=O)O)cc2)CCC1. The lowest BCUT2D eigenvalue weighted by Gasteiger charge is -2.31. The number of carbonyl (C=O) groups excluding carboxylic acids is 1. The molecular formula is C21H31NO5. The van der Waals surface area contributed by atoms with Crippen molar-refractivity contribution < 1.29 is 24.2 Å². The van der Waals surface area contributed by atoms with E-state index in [1.54, 1.807) is 24.3 Å². The molecule has 1 aliphatic rings. The zero-order valence-corrected chi connectivity index (χ0v) is 16.5. The van der Waals surface area contributed by atoms with Crippen molar-refractivity contribution in [3.8, 4) is 5.75 Å². The second kappa shape index (κ2) is 8.74. The Morgan fingerprint density at radius 1 is 1.07 bits per heavy atom. The van der Waals surface area contributed by atoms with Crippen LogP contribution in [0.4, 0.5) is 0 Å². The molecule has 1 aromatic rings. The first-order valence-corrected chi connectivity index (χ1v) is 9.61. The van der Waals surface area contributed by atoms with Crippen molar-refractivity contribution in [1.82, 2.24) is 0 Å². The molecule has 0 saturated heterocycles. The van der Waals surface area contributed by atoms with Crippen molar-refractivity contribution in [2.24, 2.45) is 5.73 Å². The number of esters is 1. The number of hydrogen-bond donors (Lipinski definition) is 2. The lowest BCUT2D eigenvalue weighted by atomic mass is 9.88. The lowest BCUT2D eigenvalue weighted by molar-refractivity contribution is -0.162. The van der Waals surface area contributed by atoms with Crippen molar-refractivity contribution >= 4 is 11.9 Å². The first-order chi connectivity index (χ1) is 12.6. The summed E-state index contributed by atoms with van der Waals surface area (Å²) >= 11 is 0. The van der Waals surface area contributed by atoms with Crippen molar-refractivity contribution in [1.29, 1.82) is 0 Å². The van der Waals surface area contributed by atoms with Gasteiger partial charge < -0.3 is 20.3 Å². The average molecular weight is 377 g/mol. The number of aromatic carboxylic acids is 1. The Hall–Kier alpha value is -2.08. The zero-order chi connectivity index (χ0) is 20.1. The Morgan fingerprint density at radius 2 is 1.67 bits per heavy atom. The molecule has 2 unspecified atom stereocenters. The monoisotopic (exact) mass is 377 g/mol. The number of carbonyl (C=O) groups is 2. The highest BCUT2D eigenvalue weighted by Crippen LogP contribution is 2.28. The van der Waals surface area contributed by atoms with E-state index in [9.17, 15) is 9.59 Å². The molecule has 6 nitrogen and oxygen atoms in total. The summed E-state index contributed by atoms with van der Waals surface area (Å²) in [6.07, 6.45) is 5.41. The molecule has 0 bridgehead atoms. The molecule has 3 N–H and O–H groups in total. The van der Waals surface area contributed by atoms with Gasteiger partial charge >= 0.3 is 11.9 Å². The predicted molar refractivity (Wildman–Crippen MR) is 103 cm³/mol. The van der Waals surface area contributed by atoms with Crippen molar-refractivity contribution in [3.63, 3.8) is 0 Å². The van der Waals surface area contributed by atoms with Gasteiger partial charge in [0, 0.05) is 0 Å². The van der Waals surface area contributed by atoms with Gasteiger partial charge in [0.05, 0.1) is 11.7 Å². The molecular weight excluding hydrogens is 346 g/mol. The Balaban J connectivity index is 1.95. The van der Waals surface area contributed by atoms with Crippen LogP contribution in [-0.2, 0) is 9.53 Å². The van der Waals surface area contributed by atoms with Crippen LogP contribution >= 0.6 is 0 Å². The van der Waals surface area contributed by atoms with E-state index in [2.05, 4.69) is 0 Å². The summed E-state index contributed by atoms with van der Waals surface area (Å²) in [5.41, 5.74) is 5.17. The Labute approximate surface area is 161 Å². The van der Waals surface area contributed by atoms with E-state index < -0.39 is 17.1 Å². The lowest BCUT2D eigenvalue weighted by Crippen LogP contribution is -2.51. The molecule has 2 rings (SSSR count). The summed E-state index contributed by atoms with van der Waals surface area (Å²) < 4.78 is 11.6. The van der Waals surface area contributed by atoms with Crippen LogP contribution in [0.25, 0.3) is 0 Å². The molecule has 150 valence electrons. The molecule has 0 spiro atoms. The summed E-state index contributed by atoms with van der Waals surface area (Å²) in [7, 11) is 0. The van der Waals surface area contributed by atoms with Gasteiger partial charge in [0.25, 0.3) is 0 Å². The molecule has 0 heterocycles. The van der Waals surface area contributed by atoms with Crippen molar-refractivity contribution in [2.75, 3.05) is 0 Å². The van der Waals surface area contributed by atoms with Crippen LogP contribution in [0.1, 0.15) is 76.1 Å². The highest BCUT2D eigenvalue weighted by atomic mass is 16.6. The van der Waals surface area contributed by atoms with E-state index in [1.165, 1.54) is 0 Å². The second-order valence-electron chi connectivity index (χ2n) is 8.37. The van der Waals surface area contributed by atoms with Gasteiger partial charge in [-0.3, -0.25) is 4.79 Å². The molecule has 0 aliphatic heterocycles. The van der Waals surface area contributed by atoms with Crippen LogP contribution in [0.3, 0.4) is 0 Å². The van der Waals surface area contributed by atoms with Crippen LogP contribution < -0.4 is 10.5 Å². The molecule has 27 heavy (non-hydrogen) atoms. The normalized spacial score (nSPS) is 24.2. The van der Waals surface area contributed by atoms with E-state index in [1.807, 2.05) is 20.8 Å². The first-order valence-electron chi connectivity index (χ1n) is 9.61. The molecule has 1 fully saturated rings. The van der Waals surface area contributed by atoms with Gasteiger partial charge in [0.15, 0.2) is 0 Å².